The fraction of sp³-hybridized carbons (Fsp3) is 0.391. The van der Waals surface area contributed by atoms with Crippen LogP contribution in [0.3, 0.4) is 0 Å². The number of rotatable bonds is 0. The van der Waals surface area contributed by atoms with E-state index < -0.39 is 0 Å². The molecule has 132 valence electrons. The average molecular weight is 344 g/mol. The van der Waals surface area contributed by atoms with E-state index in [0.717, 1.165) is 32.4 Å². The number of fused-ring (bicyclic) bond motifs is 4. The molecule has 0 bridgehead atoms. The monoisotopic (exact) mass is 344 g/mol. The minimum Gasteiger partial charge on any atom is -0.508 e. The van der Waals surface area contributed by atoms with E-state index in [0.29, 0.717) is 5.75 Å². The highest BCUT2D eigenvalue weighted by molar-refractivity contribution is 5.85. The van der Waals surface area contributed by atoms with Crippen LogP contribution < -0.4 is 0 Å². The van der Waals surface area contributed by atoms with E-state index in [9.17, 15) is 5.11 Å². The van der Waals surface area contributed by atoms with Crippen molar-refractivity contribution in [1.82, 2.24) is 9.88 Å². The van der Waals surface area contributed by atoms with E-state index in [4.69, 9.17) is 0 Å². The predicted molar refractivity (Wildman–Crippen MR) is 104 cm³/mol. The summed E-state index contributed by atoms with van der Waals surface area (Å²) in [6, 6.07) is 14.9. The zero-order valence-corrected chi connectivity index (χ0v) is 15.2. The number of para-hydroxylation sites is 1. The molecule has 1 aromatic heterocycles. The number of piperidine rings is 1. The molecule has 26 heavy (non-hydrogen) atoms. The second kappa shape index (κ2) is 4.72. The maximum Gasteiger partial charge on any atom is 0.115 e. The highest BCUT2D eigenvalue weighted by atomic mass is 16.3. The molecule has 2 N–H and O–H groups in total. The Morgan fingerprint density at radius 1 is 1.08 bits per heavy atom. The molecule has 3 heteroatoms. The van der Waals surface area contributed by atoms with E-state index in [-0.39, 0.29) is 10.8 Å². The summed E-state index contributed by atoms with van der Waals surface area (Å²) < 4.78 is 0. The Labute approximate surface area is 153 Å². The van der Waals surface area contributed by atoms with Crippen molar-refractivity contribution in [1.29, 1.82) is 0 Å². The molecule has 2 aliphatic carbocycles. The van der Waals surface area contributed by atoms with Crippen LogP contribution in [0.5, 0.6) is 5.75 Å². The Hall–Kier alpha value is -2.26. The van der Waals surface area contributed by atoms with Gasteiger partial charge in [-0.1, -0.05) is 24.3 Å². The number of benzene rings is 2. The van der Waals surface area contributed by atoms with Crippen LogP contribution in [0.4, 0.5) is 0 Å². The summed E-state index contributed by atoms with van der Waals surface area (Å²) in [4.78, 5) is 6.25. The van der Waals surface area contributed by atoms with E-state index in [1.54, 1.807) is 0 Å². The summed E-state index contributed by atoms with van der Waals surface area (Å²) >= 11 is 0. The molecule has 3 aromatic rings. The summed E-state index contributed by atoms with van der Waals surface area (Å²) in [5.41, 5.74) is 7.48. The summed E-state index contributed by atoms with van der Waals surface area (Å²) in [6.45, 7) is 2.27. The Bertz CT molecular complexity index is 1050. The Balaban J connectivity index is 1.62. The van der Waals surface area contributed by atoms with Crippen LogP contribution in [0.1, 0.15) is 28.8 Å². The van der Waals surface area contributed by atoms with Crippen LogP contribution >= 0.6 is 0 Å². The number of aromatic nitrogens is 1. The quantitative estimate of drug-likeness (QED) is 0.651. The smallest absolute Gasteiger partial charge is 0.115 e. The number of phenols is 1. The van der Waals surface area contributed by atoms with Crippen molar-refractivity contribution in [2.75, 3.05) is 20.1 Å². The van der Waals surface area contributed by atoms with Gasteiger partial charge in [0.25, 0.3) is 0 Å². The van der Waals surface area contributed by atoms with Crippen LogP contribution in [-0.2, 0) is 24.7 Å². The molecule has 2 heterocycles. The molecule has 2 aromatic carbocycles. The van der Waals surface area contributed by atoms with Crippen LogP contribution in [0, 0.1) is 5.41 Å². The summed E-state index contributed by atoms with van der Waals surface area (Å²) in [5, 5.41) is 11.6. The van der Waals surface area contributed by atoms with Gasteiger partial charge >= 0.3 is 0 Å². The topological polar surface area (TPSA) is 39.3 Å². The molecule has 0 amide bonds. The normalized spacial score (nSPS) is 29.9. The molecule has 0 unspecified atom stereocenters. The molecular formula is C23H24N2O. The van der Waals surface area contributed by atoms with Crippen molar-refractivity contribution in [3.8, 4) is 5.75 Å². The lowest BCUT2D eigenvalue weighted by molar-refractivity contribution is 0.0157. The molecular weight excluding hydrogens is 320 g/mol. The zero-order valence-electron chi connectivity index (χ0n) is 15.2. The fourth-order valence-corrected chi connectivity index (χ4v) is 6.48. The number of nitrogens with one attached hydrogen (secondary N) is 1. The number of hydrogen-bond donors (Lipinski definition) is 2. The molecule has 1 fully saturated rings. The lowest BCUT2D eigenvalue weighted by Gasteiger charge is -2.55. The van der Waals surface area contributed by atoms with Crippen LogP contribution in [0.15, 0.2) is 42.5 Å². The van der Waals surface area contributed by atoms with E-state index in [1.807, 2.05) is 6.07 Å². The second-order valence-corrected chi connectivity index (χ2v) is 8.85. The molecule has 2 atom stereocenters. The summed E-state index contributed by atoms with van der Waals surface area (Å²) in [6.07, 6.45) is 4.51. The van der Waals surface area contributed by atoms with Gasteiger partial charge in [-0.05, 0) is 74.2 Å². The zero-order chi connectivity index (χ0) is 17.5. The third kappa shape index (κ3) is 1.67. The maximum atomic E-state index is 10.2. The first-order chi connectivity index (χ1) is 12.6. The van der Waals surface area contributed by atoms with Gasteiger partial charge in [-0.25, -0.2) is 0 Å². The third-order valence-electron chi connectivity index (χ3n) is 7.54. The number of phenolic OH excluding ortho intramolecular Hbond substituents is 1. The fourth-order valence-electron chi connectivity index (χ4n) is 6.48. The van der Waals surface area contributed by atoms with Crippen molar-refractivity contribution in [3.63, 3.8) is 0 Å². The van der Waals surface area contributed by atoms with Crippen molar-refractivity contribution in [2.45, 2.75) is 31.1 Å². The van der Waals surface area contributed by atoms with E-state index >= 15 is 0 Å². The van der Waals surface area contributed by atoms with Gasteiger partial charge in [-0.3, -0.25) is 0 Å². The first-order valence-corrected chi connectivity index (χ1v) is 9.70. The van der Waals surface area contributed by atoms with Gasteiger partial charge in [-0.15, -0.1) is 0 Å². The highest BCUT2D eigenvalue weighted by Crippen LogP contribution is 2.62. The summed E-state index contributed by atoms with van der Waals surface area (Å²) in [7, 11) is 2.27. The predicted octanol–water partition coefficient (Wildman–Crippen LogP) is 3.79. The number of aromatic hydroxyl groups is 1. The minimum atomic E-state index is 0.154. The lowest BCUT2D eigenvalue weighted by atomic mass is 9.53. The Morgan fingerprint density at radius 2 is 1.96 bits per heavy atom. The Morgan fingerprint density at radius 3 is 2.88 bits per heavy atom. The van der Waals surface area contributed by atoms with Gasteiger partial charge < -0.3 is 15.0 Å². The molecule has 1 aliphatic heterocycles. The molecule has 0 spiro atoms. The second-order valence-electron chi connectivity index (χ2n) is 8.85. The van der Waals surface area contributed by atoms with Crippen LogP contribution in [0.2, 0.25) is 0 Å². The van der Waals surface area contributed by atoms with Gasteiger partial charge in [0.15, 0.2) is 0 Å². The van der Waals surface area contributed by atoms with Crippen molar-refractivity contribution >= 4 is 10.9 Å². The number of likely N-dealkylation sites (tertiary alicyclic amines) is 1. The molecule has 1 saturated heterocycles. The molecule has 6 rings (SSSR count). The summed E-state index contributed by atoms with van der Waals surface area (Å²) in [5.74, 6) is 0.412. The first-order valence-electron chi connectivity index (χ1n) is 9.70. The van der Waals surface area contributed by atoms with Crippen molar-refractivity contribution < 1.29 is 5.11 Å². The van der Waals surface area contributed by atoms with Crippen molar-refractivity contribution in [2.24, 2.45) is 5.41 Å². The number of aromatic amines is 1. The van der Waals surface area contributed by atoms with E-state index in [1.165, 1.54) is 39.7 Å². The number of hydrogen-bond acceptors (Lipinski definition) is 2. The van der Waals surface area contributed by atoms with Gasteiger partial charge in [0, 0.05) is 34.0 Å². The third-order valence-corrected chi connectivity index (χ3v) is 7.54. The highest BCUT2D eigenvalue weighted by Gasteiger charge is 2.61. The minimum absolute atomic E-state index is 0.154. The molecule has 3 aliphatic rings. The average Bonchev–Trinajstić information content (AvgIpc) is 3.11. The largest absolute Gasteiger partial charge is 0.508 e. The van der Waals surface area contributed by atoms with Crippen molar-refractivity contribution in [3.05, 3.63) is 64.8 Å². The SMILES string of the molecule is CN1CC[C@]23Cc4[nH]c5ccccc5c4C[C@]2(Cc2ccc(O)cc23)C1. The molecule has 0 saturated carbocycles. The lowest BCUT2D eigenvalue weighted by Crippen LogP contribution is -2.59. The van der Waals surface area contributed by atoms with Gasteiger partial charge in [0.05, 0.1) is 0 Å². The van der Waals surface area contributed by atoms with Crippen LogP contribution in [-0.4, -0.2) is 35.1 Å². The maximum absolute atomic E-state index is 10.2. The Kier molecular flexibility index (Phi) is 2.70. The first kappa shape index (κ1) is 14.9. The van der Waals surface area contributed by atoms with Gasteiger partial charge in [0.1, 0.15) is 5.75 Å². The molecule has 3 nitrogen and oxygen atoms in total. The standard InChI is InChI=1S/C23H24N2O/c1-25-9-8-23-13-21-18(17-4-2-3-5-20(17)24-21)12-22(23,14-25)11-15-6-7-16(26)10-19(15)23/h2-7,10,24,26H,8-9,11-14H2,1H3/t22-,23-/m1/s1. The van der Waals surface area contributed by atoms with Gasteiger partial charge in [-0.2, -0.15) is 0 Å². The van der Waals surface area contributed by atoms with Gasteiger partial charge in [0.2, 0.25) is 0 Å². The van der Waals surface area contributed by atoms with E-state index in [2.05, 4.69) is 53.3 Å². The van der Waals surface area contributed by atoms with Crippen LogP contribution in [0.25, 0.3) is 10.9 Å². The number of H-pyrrole nitrogens is 1. The molecule has 0 radical (unpaired) electrons. The number of nitrogens with zero attached hydrogens (tertiary/aromatic N) is 1.